The van der Waals surface area contributed by atoms with Gasteiger partial charge in [-0.25, -0.2) is 0 Å². The van der Waals surface area contributed by atoms with Crippen molar-refractivity contribution in [1.82, 2.24) is 10.2 Å². The minimum Gasteiger partial charge on any atom is -0.378 e. The Labute approximate surface area is 199 Å². The Kier molecular flexibility index (Phi) is 6.49. The molecule has 3 amide bonds. The molecule has 0 saturated carbocycles. The van der Waals surface area contributed by atoms with Crippen molar-refractivity contribution >= 4 is 29.1 Å². The van der Waals surface area contributed by atoms with Crippen LogP contribution in [0.4, 0.5) is 11.4 Å². The smallest absolute Gasteiger partial charge is 0.254 e. The van der Waals surface area contributed by atoms with Crippen LogP contribution >= 0.6 is 0 Å². The van der Waals surface area contributed by atoms with Gasteiger partial charge in [-0.05, 0) is 43.0 Å². The van der Waals surface area contributed by atoms with E-state index in [1.165, 1.54) is 0 Å². The van der Waals surface area contributed by atoms with Crippen LogP contribution in [0.25, 0.3) is 0 Å². The summed E-state index contributed by atoms with van der Waals surface area (Å²) >= 11 is 0. The van der Waals surface area contributed by atoms with E-state index >= 15 is 0 Å². The monoisotopic (exact) mass is 462 g/mol. The first-order valence-corrected chi connectivity index (χ1v) is 12.0. The maximum Gasteiger partial charge on any atom is 0.254 e. The van der Waals surface area contributed by atoms with E-state index in [1.807, 2.05) is 42.5 Å². The zero-order chi connectivity index (χ0) is 23.5. The molecule has 1 atom stereocenters. The summed E-state index contributed by atoms with van der Waals surface area (Å²) in [6.45, 7) is 3.28. The number of piperidine rings is 1. The van der Waals surface area contributed by atoms with Crippen molar-refractivity contribution in [2.75, 3.05) is 49.2 Å². The van der Waals surface area contributed by atoms with E-state index in [0.717, 1.165) is 37.1 Å². The van der Waals surface area contributed by atoms with Gasteiger partial charge in [-0.1, -0.05) is 30.3 Å². The number of nitrogens with one attached hydrogen (secondary N) is 1. The number of rotatable bonds is 5. The van der Waals surface area contributed by atoms with Gasteiger partial charge in [-0.3, -0.25) is 19.3 Å². The molecule has 0 aliphatic carbocycles. The molecule has 3 heterocycles. The molecular weight excluding hydrogens is 432 g/mol. The zero-order valence-electron chi connectivity index (χ0n) is 19.2. The molecule has 0 bridgehead atoms. The lowest BCUT2D eigenvalue weighted by molar-refractivity contribution is -0.125. The zero-order valence-corrected chi connectivity index (χ0v) is 19.2. The number of fused-ring (bicyclic) bond motifs is 3. The lowest BCUT2D eigenvalue weighted by atomic mass is 9.95. The third kappa shape index (κ3) is 4.50. The van der Waals surface area contributed by atoms with Gasteiger partial charge in [0.2, 0.25) is 11.8 Å². The molecule has 2 aromatic carbocycles. The lowest BCUT2D eigenvalue weighted by Crippen LogP contribution is -2.57. The molecule has 178 valence electrons. The third-order valence-corrected chi connectivity index (χ3v) is 6.81. The van der Waals surface area contributed by atoms with E-state index in [-0.39, 0.29) is 30.3 Å². The fraction of sp³-hybridized carbons (Fsp3) is 0.423. The van der Waals surface area contributed by atoms with Crippen molar-refractivity contribution in [1.29, 1.82) is 0 Å². The maximum atomic E-state index is 13.5. The summed E-state index contributed by atoms with van der Waals surface area (Å²) in [6.07, 6.45) is 2.79. The van der Waals surface area contributed by atoms with Crippen LogP contribution in [0.15, 0.2) is 48.5 Å². The average molecular weight is 463 g/mol. The number of morpholine rings is 1. The lowest BCUT2D eigenvalue weighted by Gasteiger charge is -2.45. The second-order valence-corrected chi connectivity index (χ2v) is 9.00. The molecule has 0 unspecified atom stereocenters. The van der Waals surface area contributed by atoms with Gasteiger partial charge in [0.1, 0.15) is 12.6 Å². The van der Waals surface area contributed by atoms with Crippen LogP contribution in [0, 0.1) is 0 Å². The molecule has 0 radical (unpaired) electrons. The maximum absolute atomic E-state index is 13.5. The highest BCUT2D eigenvalue weighted by atomic mass is 16.5. The third-order valence-electron chi connectivity index (χ3n) is 6.81. The van der Waals surface area contributed by atoms with Gasteiger partial charge in [0.05, 0.1) is 24.6 Å². The highest BCUT2D eigenvalue weighted by molar-refractivity contribution is 6.09. The number of ether oxygens (including phenoxy) is 1. The summed E-state index contributed by atoms with van der Waals surface area (Å²) in [7, 11) is 0. The Balaban J connectivity index is 1.40. The molecule has 8 nitrogen and oxygen atoms in total. The van der Waals surface area contributed by atoms with Crippen LogP contribution in [0.1, 0.15) is 35.2 Å². The normalized spacial score (nSPS) is 19.9. The van der Waals surface area contributed by atoms with Crippen molar-refractivity contribution in [2.45, 2.75) is 31.8 Å². The fourth-order valence-electron chi connectivity index (χ4n) is 5.00. The Morgan fingerprint density at radius 1 is 0.971 bits per heavy atom. The van der Waals surface area contributed by atoms with E-state index in [4.69, 9.17) is 4.74 Å². The number of amides is 3. The second-order valence-electron chi connectivity index (χ2n) is 9.00. The molecule has 3 aliphatic rings. The molecule has 2 aromatic rings. The Morgan fingerprint density at radius 3 is 2.56 bits per heavy atom. The number of benzene rings is 2. The average Bonchev–Trinajstić information content (AvgIpc) is 2.90. The molecule has 1 N–H and O–H groups in total. The van der Waals surface area contributed by atoms with Crippen LogP contribution in [0.2, 0.25) is 0 Å². The van der Waals surface area contributed by atoms with E-state index in [1.54, 1.807) is 15.9 Å². The highest BCUT2D eigenvalue weighted by Gasteiger charge is 2.40. The first-order chi connectivity index (χ1) is 16.6. The Bertz CT molecular complexity index is 1070. The van der Waals surface area contributed by atoms with Gasteiger partial charge < -0.3 is 19.9 Å². The molecule has 34 heavy (non-hydrogen) atoms. The minimum absolute atomic E-state index is 0.0712. The number of hydrogen-bond acceptors (Lipinski definition) is 5. The second kappa shape index (κ2) is 9.85. The number of carbonyl (C=O) groups is 3. The van der Waals surface area contributed by atoms with Crippen molar-refractivity contribution < 1.29 is 19.1 Å². The van der Waals surface area contributed by atoms with Crippen LogP contribution in [0.3, 0.4) is 0 Å². The van der Waals surface area contributed by atoms with E-state index in [0.29, 0.717) is 44.1 Å². The highest BCUT2D eigenvalue weighted by Crippen LogP contribution is 2.40. The summed E-state index contributed by atoms with van der Waals surface area (Å²) in [5.74, 6) is -0.372. The van der Waals surface area contributed by atoms with Gasteiger partial charge in [0, 0.05) is 31.7 Å². The van der Waals surface area contributed by atoms with Crippen molar-refractivity contribution in [3.63, 3.8) is 0 Å². The first kappa shape index (κ1) is 22.4. The molecule has 0 aromatic heterocycles. The van der Waals surface area contributed by atoms with Crippen LogP contribution < -0.4 is 15.1 Å². The van der Waals surface area contributed by atoms with E-state index < -0.39 is 0 Å². The van der Waals surface area contributed by atoms with Gasteiger partial charge in [-0.15, -0.1) is 0 Å². The van der Waals surface area contributed by atoms with Gasteiger partial charge in [0.15, 0.2) is 0 Å². The number of anilines is 2. The number of nitrogens with zero attached hydrogens (tertiary/aromatic N) is 3. The van der Waals surface area contributed by atoms with Crippen molar-refractivity contribution in [3.05, 3.63) is 59.7 Å². The molecule has 3 aliphatic heterocycles. The summed E-state index contributed by atoms with van der Waals surface area (Å²) in [4.78, 5) is 45.0. The standard InChI is InChI=1S/C26H30N4O4/c31-24(27-17-19-6-2-1-3-7-19)18-30-23-16-20(25(32)28-12-14-34-15-13-28)9-10-21(23)29-11-5-4-8-22(29)26(30)33/h1-3,6-7,9-10,16,22H,4-5,8,11-15,17-18H2,(H,27,31)/t22-/m1/s1. The molecule has 2 fully saturated rings. The van der Waals surface area contributed by atoms with Gasteiger partial charge >= 0.3 is 0 Å². The van der Waals surface area contributed by atoms with Gasteiger partial charge in [0.25, 0.3) is 5.91 Å². The summed E-state index contributed by atoms with van der Waals surface area (Å²) in [5.41, 5.74) is 3.08. The Hall–Kier alpha value is -3.39. The molecule has 5 rings (SSSR count). The van der Waals surface area contributed by atoms with Crippen LogP contribution in [0.5, 0.6) is 0 Å². The predicted octanol–water partition coefficient (Wildman–Crippen LogP) is 2.18. The van der Waals surface area contributed by atoms with Crippen molar-refractivity contribution in [2.24, 2.45) is 0 Å². The summed E-state index contributed by atoms with van der Waals surface area (Å²) in [5, 5.41) is 2.92. The van der Waals surface area contributed by atoms with Crippen LogP contribution in [-0.4, -0.2) is 68.1 Å². The number of hydrogen-bond donors (Lipinski definition) is 1. The van der Waals surface area contributed by atoms with Crippen molar-refractivity contribution in [3.8, 4) is 0 Å². The molecular formula is C26H30N4O4. The number of carbonyl (C=O) groups excluding carboxylic acids is 3. The molecule has 2 saturated heterocycles. The fourth-order valence-corrected chi connectivity index (χ4v) is 5.00. The largest absolute Gasteiger partial charge is 0.378 e. The summed E-state index contributed by atoms with van der Waals surface area (Å²) in [6, 6.07) is 15.0. The SMILES string of the molecule is O=C(CN1C(=O)[C@H]2CCCCN2c2ccc(C(=O)N3CCOCC3)cc21)NCc1ccccc1. The quantitative estimate of drug-likeness (QED) is 0.737. The molecule has 8 heteroatoms. The molecule has 0 spiro atoms. The predicted molar refractivity (Wildman–Crippen MR) is 129 cm³/mol. The Morgan fingerprint density at radius 2 is 1.76 bits per heavy atom. The topological polar surface area (TPSA) is 82.2 Å². The van der Waals surface area contributed by atoms with Crippen LogP contribution in [-0.2, 0) is 20.9 Å². The van der Waals surface area contributed by atoms with E-state index in [9.17, 15) is 14.4 Å². The summed E-state index contributed by atoms with van der Waals surface area (Å²) < 4.78 is 5.37. The minimum atomic E-state index is -0.260. The first-order valence-electron chi connectivity index (χ1n) is 12.0. The van der Waals surface area contributed by atoms with E-state index in [2.05, 4.69) is 10.2 Å². The van der Waals surface area contributed by atoms with Gasteiger partial charge in [-0.2, -0.15) is 0 Å².